The molecule has 0 heterocycles. The van der Waals surface area contributed by atoms with E-state index in [1.807, 2.05) is 18.2 Å². The Morgan fingerprint density at radius 1 is 0.833 bits per heavy atom. The smallest absolute Gasteiger partial charge is 0.221 e. The van der Waals surface area contributed by atoms with Crippen molar-refractivity contribution in [3.8, 4) is 0 Å². The van der Waals surface area contributed by atoms with Crippen molar-refractivity contribution < 1.29 is 4.79 Å². The molecule has 0 atom stereocenters. The van der Waals surface area contributed by atoms with Gasteiger partial charge in [0.25, 0.3) is 0 Å². The molecule has 2 nitrogen and oxygen atoms in total. The summed E-state index contributed by atoms with van der Waals surface area (Å²) in [7, 11) is 0. The monoisotopic (exact) mass is 379 g/mol. The molecular weight excluding hydrogens is 362 g/mol. The van der Waals surface area contributed by atoms with Crippen molar-refractivity contribution in [2.24, 2.45) is 0 Å². The maximum Gasteiger partial charge on any atom is 0.221 e. The van der Waals surface area contributed by atoms with Crippen LogP contribution in [0.2, 0.25) is 0 Å². The summed E-state index contributed by atoms with van der Waals surface area (Å²) in [6.07, 6.45) is 0. The van der Waals surface area contributed by atoms with Crippen LogP contribution >= 0.6 is 15.9 Å². The van der Waals surface area contributed by atoms with Gasteiger partial charge in [-0.2, -0.15) is 0 Å². The largest absolute Gasteiger partial charge is 0.325 e. The van der Waals surface area contributed by atoms with Crippen LogP contribution in [0.25, 0.3) is 0 Å². The summed E-state index contributed by atoms with van der Waals surface area (Å²) in [6, 6.07) is 27.0. The van der Waals surface area contributed by atoms with Gasteiger partial charge in [0, 0.05) is 17.3 Å². The molecule has 0 bridgehead atoms. The molecule has 0 aromatic heterocycles. The predicted molar refractivity (Wildman–Crippen MR) is 102 cm³/mol. The normalized spacial score (nSPS) is 10.6. The van der Waals surface area contributed by atoms with E-state index in [2.05, 4.69) is 81.9 Å². The Hall–Kier alpha value is -2.39. The first-order valence-corrected chi connectivity index (χ1v) is 8.61. The van der Waals surface area contributed by atoms with Crippen LogP contribution in [0.3, 0.4) is 0 Å². The molecule has 0 radical (unpaired) electrons. The summed E-state index contributed by atoms with van der Waals surface area (Å²) < 4.78 is 0.882. The Kier molecular flexibility index (Phi) is 5.11. The number of amides is 1. The number of hydrogen-bond donors (Lipinski definition) is 1. The second kappa shape index (κ2) is 7.45. The molecule has 0 saturated carbocycles. The van der Waals surface area contributed by atoms with Crippen molar-refractivity contribution in [3.05, 3.63) is 100 Å². The predicted octanol–water partition coefficient (Wildman–Crippen LogP) is 5.59. The number of rotatable bonds is 4. The van der Waals surface area contributed by atoms with Gasteiger partial charge in [-0.1, -0.05) is 66.7 Å². The highest BCUT2D eigenvalue weighted by Gasteiger charge is 2.17. The molecule has 3 aromatic carbocycles. The molecule has 0 aliphatic heterocycles. The van der Waals surface area contributed by atoms with Crippen LogP contribution in [0.1, 0.15) is 29.5 Å². The molecule has 120 valence electrons. The minimum atomic E-state index is -0.0777. The van der Waals surface area contributed by atoms with Gasteiger partial charge < -0.3 is 5.32 Å². The van der Waals surface area contributed by atoms with Crippen LogP contribution in [0.4, 0.5) is 5.69 Å². The van der Waals surface area contributed by atoms with Crippen molar-refractivity contribution >= 4 is 27.5 Å². The van der Waals surface area contributed by atoms with Gasteiger partial charge in [-0.25, -0.2) is 0 Å². The van der Waals surface area contributed by atoms with Gasteiger partial charge in [0.05, 0.1) is 5.69 Å². The highest BCUT2D eigenvalue weighted by atomic mass is 79.9. The van der Waals surface area contributed by atoms with Crippen molar-refractivity contribution in [3.63, 3.8) is 0 Å². The van der Waals surface area contributed by atoms with Crippen molar-refractivity contribution in [1.29, 1.82) is 0 Å². The molecule has 0 unspecified atom stereocenters. The molecule has 0 aliphatic carbocycles. The standard InChI is InChI=1S/C21H18BrNO/c1-15(24)23-20-13-12-18(14-19(20)22)21(16-8-4-2-5-9-16)17-10-6-3-7-11-17/h2-14,21H,1H3,(H,23,24). The Morgan fingerprint density at radius 3 is 1.83 bits per heavy atom. The Morgan fingerprint density at radius 2 is 1.38 bits per heavy atom. The van der Waals surface area contributed by atoms with E-state index >= 15 is 0 Å². The number of anilines is 1. The molecule has 3 heteroatoms. The van der Waals surface area contributed by atoms with Crippen LogP contribution in [0.5, 0.6) is 0 Å². The lowest BCUT2D eigenvalue weighted by Gasteiger charge is -2.20. The van der Waals surface area contributed by atoms with Gasteiger partial charge in [0.15, 0.2) is 0 Å². The number of halogens is 1. The second-order valence-corrected chi connectivity index (χ2v) is 6.53. The molecule has 24 heavy (non-hydrogen) atoms. The van der Waals surface area contributed by atoms with Gasteiger partial charge in [-0.3, -0.25) is 4.79 Å². The van der Waals surface area contributed by atoms with Crippen molar-refractivity contribution in [2.45, 2.75) is 12.8 Å². The minimum Gasteiger partial charge on any atom is -0.325 e. The molecule has 1 N–H and O–H groups in total. The van der Waals surface area contributed by atoms with Crippen LogP contribution in [-0.4, -0.2) is 5.91 Å². The Balaban J connectivity index is 2.07. The average molecular weight is 380 g/mol. The fourth-order valence-corrected chi connectivity index (χ4v) is 3.37. The molecular formula is C21H18BrNO. The van der Waals surface area contributed by atoms with E-state index in [-0.39, 0.29) is 11.8 Å². The third-order valence-corrected chi connectivity index (χ3v) is 4.56. The van der Waals surface area contributed by atoms with E-state index in [4.69, 9.17) is 0 Å². The van der Waals surface area contributed by atoms with Crippen LogP contribution in [0, 0.1) is 0 Å². The van der Waals surface area contributed by atoms with Crippen LogP contribution in [0.15, 0.2) is 83.3 Å². The molecule has 3 rings (SSSR count). The second-order valence-electron chi connectivity index (χ2n) is 5.67. The van der Waals surface area contributed by atoms with E-state index in [0.29, 0.717) is 0 Å². The van der Waals surface area contributed by atoms with E-state index in [1.165, 1.54) is 23.6 Å². The summed E-state index contributed by atoms with van der Waals surface area (Å²) in [5.74, 6) is 0.0706. The maximum atomic E-state index is 11.3. The molecule has 0 fully saturated rings. The fourth-order valence-electron chi connectivity index (χ4n) is 2.87. The Labute approximate surface area is 150 Å². The number of carbonyl (C=O) groups excluding carboxylic acids is 1. The maximum absolute atomic E-state index is 11.3. The number of benzene rings is 3. The van der Waals surface area contributed by atoms with Gasteiger partial charge in [0.2, 0.25) is 5.91 Å². The zero-order valence-corrected chi connectivity index (χ0v) is 15.0. The Bertz CT molecular complexity index is 791. The lowest BCUT2D eigenvalue weighted by Crippen LogP contribution is -2.08. The van der Waals surface area contributed by atoms with Crippen LogP contribution in [-0.2, 0) is 4.79 Å². The fraction of sp³-hybridized carbons (Fsp3) is 0.0952. The highest BCUT2D eigenvalue weighted by molar-refractivity contribution is 9.10. The van der Waals surface area contributed by atoms with Gasteiger partial charge in [-0.15, -0.1) is 0 Å². The third-order valence-electron chi connectivity index (χ3n) is 3.90. The SMILES string of the molecule is CC(=O)Nc1ccc(C(c2ccccc2)c2ccccc2)cc1Br. The summed E-state index contributed by atoms with van der Waals surface area (Å²) in [5, 5.41) is 2.83. The first-order chi connectivity index (χ1) is 11.6. The minimum absolute atomic E-state index is 0.0777. The van der Waals surface area contributed by atoms with Crippen molar-refractivity contribution in [1.82, 2.24) is 0 Å². The molecule has 0 aliphatic rings. The van der Waals surface area contributed by atoms with E-state index < -0.39 is 0 Å². The van der Waals surface area contributed by atoms with E-state index in [0.717, 1.165) is 10.2 Å². The van der Waals surface area contributed by atoms with E-state index in [9.17, 15) is 4.79 Å². The molecule has 0 saturated heterocycles. The first-order valence-electron chi connectivity index (χ1n) is 7.82. The zero-order valence-electron chi connectivity index (χ0n) is 13.4. The number of carbonyl (C=O) groups is 1. The summed E-state index contributed by atoms with van der Waals surface area (Å²) in [4.78, 5) is 11.3. The molecule has 3 aromatic rings. The quantitative estimate of drug-likeness (QED) is 0.588. The van der Waals surface area contributed by atoms with Gasteiger partial charge >= 0.3 is 0 Å². The lowest BCUT2D eigenvalue weighted by atomic mass is 9.85. The highest BCUT2D eigenvalue weighted by Crippen LogP contribution is 2.35. The molecule has 0 spiro atoms. The summed E-state index contributed by atoms with van der Waals surface area (Å²) >= 11 is 3.57. The number of hydrogen-bond acceptors (Lipinski definition) is 1. The lowest BCUT2D eigenvalue weighted by molar-refractivity contribution is -0.114. The third kappa shape index (κ3) is 3.74. The number of nitrogens with one attached hydrogen (secondary N) is 1. The van der Waals surface area contributed by atoms with Gasteiger partial charge in [-0.05, 0) is 44.8 Å². The average Bonchev–Trinajstić information content (AvgIpc) is 2.59. The zero-order chi connectivity index (χ0) is 16.9. The topological polar surface area (TPSA) is 29.1 Å². The van der Waals surface area contributed by atoms with Gasteiger partial charge in [0.1, 0.15) is 0 Å². The first kappa shape index (κ1) is 16.5. The van der Waals surface area contributed by atoms with Crippen LogP contribution < -0.4 is 5.32 Å². The summed E-state index contributed by atoms with van der Waals surface area (Å²) in [5.41, 5.74) is 4.44. The molecule has 1 amide bonds. The van der Waals surface area contributed by atoms with E-state index in [1.54, 1.807) is 0 Å². The van der Waals surface area contributed by atoms with Crippen molar-refractivity contribution in [2.75, 3.05) is 5.32 Å². The summed E-state index contributed by atoms with van der Waals surface area (Å²) in [6.45, 7) is 1.51.